The zero-order chi connectivity index (χ0) is 12.9. The molecule has 1 heterocycles. The van der Waals surface area contributed by atoms with Crippen LogP contribution in [0.15, 0.2) is 0 Å². The highest BCUT2D eigenvalue weighted by atomic mass is 16.2. The quantitative estimate of drug-likeness (QED) is 0.642. The minimum atomic E-state index is -0.153. The monoisotopic (exact) mass is 241 g/mol. The Bertz CT molecular complexity index is 279. The van der Waals surface area contributed by atoms with Crippen LogP contribution < -0.4 is 16.0 Å². The van der Waals surface area contributed by atoms with Gasteiger partial charge in [-0.25, -0.2) is 0 Å². The third kappa shape index (κ3) is 5.17. The normalized spacial score (nSPS) is 20.9. The fourth-order valence-corrected chi connectivity index (χ4v) is 1.65. The summed E-state index contributed by atoms with van der Waals surface area (Å²) in [6.07, 6.45) is 2.24. The van der Waals surface area contributed by atoms with Crippen LogP contribution >= 0.6 is 0 Å². The maximum absolute atomic E-state index is 11.7. The molecule has 1 aliphatic heterocycles. The summed E-state index contributed by atoms with van der Waals surface area (Å²) in [5.74, 6) is 0.105. The second-order valence-corrected chi connectivity index (χ2v) is 5.21. The number of amides is 2. The van der Waals surface area contributed by atoms with Gasteiger partial charge in [0.05, 0.1) is 6.54 Å². The van der Waals surface area contributed by atoms with Crippen molar-refractivity contribution in [1.29, 1.82) is 0 Å². The van der Waals surface area contributed by atoms with Crippen LogP contribution in [-0.4, -0.2) is 36.5 Å². The lowest BCUT2D eigenvalue weighted by molar-refractivity contribution is -0.122. The maximum atomic E-state index is 11.7. The van der Waals surface area contributed by atoms with Crippen LogP contribution in [0.5, 0.6) is 0 Å². The van der Waals surface area contributed by atoms with Gasteiger partial charge in [0.1, 0.15) is 0 Å². The van der Waals surface area contributed by atoms with Gasteiger partial charge in [-0.1, -0.05) is 6.92 Å². The molecule has 5 heteroatoms. The molecule has 1 fully saturated rings. The van der Waals surface area contributed by atoms with Gasteiger partial charge in [0.15, 0.2) is 0 Å². The Morgan fingerprint density at radius 1 is 1.53 bits per heavy atom. The van der Waals surface area contributed by atoms with Gasteiger partial charge in [0.25, 0.3) is 0 Å². The zero-order valence-electron chi connectivity index (χ0n) is 10.9. The molecule has 2 amide bonds. The molecule has 1 atom stereocenters. The van der Waals surface area contributed by atoms with Gasteiger partial charge in [-0.05, 0) is 26.7 Å². The third-order valence-electron chi connectivity index (χ3n) is 3.18. The summed E-state index contributed by atoms with van der Waals surface area (Å²) < 4.78 is 0. The number of carbonyl (C=O) groups excluding carboxylic acids is 2. The molecule has 1 aliphatic rings. The minimum Gasteiger partial charge on any atom is -0.355 e. The number of hydrogen-bond donors (Lipinski definition) is 3. The molecule has 5 nitrogen and oxygen atoms in total. The minimum absolute atomic E-state index is 0.00810. The molecule has 1 rings (SSSR count). The molecule has 3 N–H and O–H groups in total. The first kappa shape index (κ1) is 14.0. The molecule has 0 aromatic rings. The molecule has 0 spiro atoms. The Balaban J connectivity index is 2.22. The summed E-state index contributed by atoms with van der Waals surface area (Å²) in [5, 5.41) is 8.91. The van der Waals surface area contributed by atoms with Crippen molar-refractivity contribution in [3.63, 3.8) is 0 Å². The first-order valence-electron chi connectivity index (χ1n) is 6.24. The van der Waals surface area contributed by atoms with Crippen molar-refractivity contribution in [3.05, 3.63) is 0 Å². The molecule has 98 valence electrons. The Morgan fingerprint density at radius 3 is 2.76 bits per heavy atom. The molecule has 0 radical (unpaired) electrons. The van der Waals surface area contributed by atoms with E-state index >= 15 is 0 Å². The summed E-state index contributed by atoms with van der Waals surface area (Å²) in [7, 11) is 0. The van der Waals surface area contributed by atoms with Crippen LogP contribution in [0.1, 0.15) is 40.0 Å². The predicted molar refractivity (Wildman–Crippen MR) is 66.5 cm³/mol. The van der Waals surface area contributed by atoms with Gasteiger partial charge >= 0.3 is 0 Å². The standard InChI is InChI=1S/C12H23N3O2/c1-4-12(2,3)15-11(17)8-13-9-5-6-10(16)14-7-9/h9,13H,4-8H2,1-3H3,(H,14,16)(H,15,17). The van der Waals surface area contributed by atoms with E-state index in [1.165, 1.54) is 0 Å². The van der Waals surface area contributed by atoms with E-state index in [9.17, 15) is 9.59 Å². The van der Waals surface area contributed by atoms with Crippen LogP contribution in [0, 0.1) is 0 Å². The number of rotatable bonds is 5. The Labute approximate surface area is 103 Å². The Hall–Kier alpha value is -1.10. The molecule has 1 saturated heterocycles. The fourth-order valence-electron chi connectivity index (χ4n) is 1.65. The van der Waals surface area contributed by atoms with Crippen molar-refractivity contribution >= 4 is 11.8 Å². The van der Waals surface area contributed by atoms with Crippen molar-refractivity contribution < 1.29 is 9.59 Å². The molecule has 0 bridgehead atoms. The second-order valence-electron chi connectivity index (χ2n) is 5.21. The Kier molecular flexibility index (Phi) is 4.93. The summed E-state index contributed by atoms with van der Waals surface area (Å²) in [6, 6.07) is 0.211. The van der Waals surface area contributed by atoms with Crippen LogP contribution in [-0.2, 0) is 9.59 Å². The first-order valence-corrected chi connectivity index (χ1v) is 6.24. The molecular weight excluding hydrogens is 218 g/mol. The van der Waals surface area contributed by atoms with Crippen molar-refractivity contribution in [2.45, 2.75) is 51.6 Å². The van der Waals surface area contributed by atoms with Crippen molar-refractivity contribution in [2.24, 2.45) is 0 Å². The molecule has 0 saturated carbocycles. The van der Waals surface area contributed by atoms with Gasteiger partial charge in [-0.2, -0.15) is 0 Å². The molecule has 0 aliphatic carbocycles. The maximum Gasteiger partial charge on any atom is 0.234 e. The first-order chi connectivity index (χ1) is 7.93. The van der Waals surface area contributed by atoms with E-state index in [0.29, 0.717) is 19.5 Å². The third-order valence-corrected chi connectivity index (χ3v) is 3.18. The number of carbonyl (C=O) groups is 2. The van der Waals surface area contributed by atoms with E-state index in [4.69, 9.17) is 0 Å². The Morgan fingerprint density at radius 2 is 2.24 bits per heavy atom. The molecule has 0 aromatic carbocycles. The van der Waals surface area contributed by atoms with Crippen molar-refractivity contribution in [2.75, 3.05) is 13.1 Å². The highest BCUT2D eigenvalue weighted by Crippen LogP contribution is 2.06. The van der Waals surface area contributed by atoms with E-state index in [-0.39, 0.29) is 23.4 Å². The largest absolute Gasteiger partial charge is 0.355 e. The smallest absolute Gasteiger partial charge is 0.234 e. The van der Waals surface area contributed by atoms with E-state index < -0.39 is 0 Å². The topological polar surface area (TPSA) is 70.2 Å². The highest BCUT2D eigenvalue weighted by molar-refractivity contribution is 5.79. The molecule has 17 heavy (non-hydrogen) atoms. The summed E-state index contributed by atoms with van der Waals surface area (Å²) in [4.78, 5) is 22.6. The van der Waals surface area contributed by atoms with E-state index in [1.807, 2.05) is 20.8 Å². The van der Waals surface area contributed by atoms with E-state index in [2.05, 4.69) is 16.0 Å². The van der Waals surface area contributed by atoms with Gasteiger partial charge < -0.3 is 16.0 Å². The van der Waals surface area contributed by atoms with Crippen molar-refractivity contribution in [1.82, 2.24) is 16.0 Å². The van der Waals surface area contributed by atoms with Crippen LogP contribution in [0.3, 0.4) is 0 Å². The van der Waals surface area contributed by atoms with E-state index in [1.54, 1.807) is 0 Å². The van der Waals surface area contributed by atoms with Gasteiger partial charge in [0.2, 0.25) is 11.8 Å². The van der Waals surface area contributed by atoms with E-state index in [0.717, 1.165) is 12.8 Å². The number of nitrogens with one attached hydrogen (secondary N) is 3. The van der Waals surface area contributed by atoms with Gasteiger partial charge in [-0.3, -0.25) is 9.59 Å². The number of piperidine rings is 1. The average molecular weight is 241 g/mol. The fraction of sp³-hybridized carbons (Fsp3) is 0.833. The predicted octanol–water partition coefficient (Wildman–Crippen LogP) is 0.159. The van der Waals surface area contributed by atoms with Crippen LogP contribution in [0.2, 0.25) is 0 Å². The average Bonchev–Trinajstić information content (AvgIpc) is 2.28. The molecular formula is C12H23N3O2. The zero-order valence-corrected chi connectivity index (χ0v) is 10.9. The summed E-state index contributed by atoms with van der Waals surface area (Å²) in [5.41, 5.74) is -0.153. The number of hydrogen-bond acceptors (Lipinski definition) is 3. The van der Waals surface area contributed by atoms with Crippen LogP contribution in [0.4, 0.5) is 0 Å². The highest BCUT2D eigenvalue weighted by Gasteiger charge is 2.20. The SMILES string of the molecule is CCC(C)(C)NC(=O)CNC1CCC(=O)NC1. The van der Waals surface area contributed by atoms with Gasteiger partial charge in [0, 0.05) is 24.5 Å². The lowest BCUT2D eigenvalue weighted by Crippen LogP contribution is -2.51. The molecule has 0 aromatic heterocycles. The van der Waals surface area contributed by atoms with Crippen molar-refractivity contribution in [3.8, 4) is 0 Å². The lowest BCUT2D eigenvalue weighted by Gasteiger charge is -2.26. The second kappa shape index (κ2) is 6.00. The summed E-state index contributed by atoms with van der Waals surface area (Å²) >= 11 is 0. The lowest BCUT2D eigenvalue weighted by atomic mass is 10.0. The summed E-state index contributed by atoms with van der Waals surface area (Å²) in [6.45, 7) is 6.98. The van der Waals surface area contributed by atoms with Gasteiger partial charge in [-0.15, -0.1) is 0 Å². The molecule has 1 unspecified atom stereocenters. The van der Waals surface area contributed by atoms with Crippen LogP contribution in [0.25, 0.3) is 0 Å².